The third kappa shape index (κ3) is 3.89. The van der Waals surface area contributed by atoms with Crippen molar-refractivity contribution in [2.75, 3.05) is 7.11 Å². The Balaban J connectivity index is 2.03. The van der Waals surface area contributed by atoms with E-state index >= 15 is 0 Å². The lowest BCUT2D eigenvalue weighted by Crippen LogP contribution is -2.08. The summed E-state index contributed by atoms with van der Waals surface area (Å²) in [6.45, 7) is 0. The van der Waals surface area contributed by atoms with Crippen molar-refractivity contribution in [3.63, 3.8) is 0 Å². The summed E-state index contributed by atoms with van der Waals surface area (Å²) in [4.78, 5) is 16.2. The van der Waals surface area contributed by atoms with E-state index in [9.17, 15) is 4.79 Å². The summed E-state index contributed by atoms with van der Waals surface area (Å²) in [7, 11) is 1.61. The molecule has 0 aliphatic rings. The fourth-order valence-electron chi connectivity index (χ4n) is 1.84. The predicted octanol–water partition coefficient (Wildman–Crippen LogP) is 3.21. The number of aromatic nitrogens is 1. The zero-order chi connectivity index (χ0) is 13.7. The Morgan fingerprint density at radius 1 is 1.21 bits per heavy atom. The molecule has 0 aliphatic heterocycles. The smallest absolute Gasteiger partial charge is 0.143 e. The van der Waals surface area contributed by atoms with Crippen LogP contribution in [0, 0.1) is 0 Å². The van der Waals surface area contributed by atoms with Crippen LogP contribution in [0.4, 0.5) is 0 Å². The zero-order valence-corrected chi connectivity index (χ0v) is 12.2. The summed E-state index contributed by atoms with van der Waals surface area (Å²) in [5, 5.41) is 0. The highest BCUT2D eigenvalue weighted by molar-refractivity contribution is 9.10. The number of hydrogen-bond donors (Lipinski definition) is 0. The van der Waals surface area contributed by atoms with Gasteiger partial charge in [0, 0.05) is 34.8 Å². The van der Waals surface area contributed by atoms with Crippen LogP contribution in [0.3, 0.4) is 0 Å². The summed E-state index contributed by atoms with van der Waals surface area (Å²) < 4.78 is 6.15. The van der Waals surface area contributed by atoms with Gasteiger partial charge in [-0.1, -0.05) is 18.2 Å². The van der Waals surface area contributed by atoms with Gasteiger partial charge in [0.15, 0.2) is 0 Å². The molecule has 0 N–H and O–H groups in total. The minimum atomic E-state index is 0.124. The summed E-state index contributed by atoms with van der Waals surface area (Å²) in [6.07, 6.45) is 2.40. The van der Waals surface area contributed by atoms with Crippen molar-refractivity contribution in [2.45, 2.75) is 12.8 Å². The molecule has 0 amide bonds. The summed E-state index contributed by atoms with van der Waals surface area (Å²) in [5.41, 5.74) is 1.69. The van der Waals surface area contributed by atoms with Crippen molar-refractivity contribution in [1.82, 2.24) is 4.98 Å². The molecule has 2 aromatic rings. The summed E-state index contributed by atoms with van der Waals surface area (Å²) in [5.74, 6) is 0.874. The van der Waals surface area contributed by atoms with Gasteiger partial charge in [0.1, 0.15) is 11.5 Å². The molecule has 19 heavy (non-hydrogen) atoms. The van der Waals surface area contributed by atoms with Gasteiger partial charge in [-0.25, -0.2) is 0 Å². The number of methoxy groups -OCH3 is 1. The van der Waals surface area contributed by atoms with E-state index in [-0.39, 0.29) is 5.78 Å². The molecule has 0 fully saturated rings. The monoisotopic (exact) mass is 319 g/mol. The second-order valence-electron chi connectivity index (χ2n) is 4.17. The number of ketones is 1. The number of hydrogen-bond acceptors (Lipinski definition) is 3. The molecule has 3 nitrogen and oxygen atoms in total. The van der Waals surface area contributed by atoms with Crippen LogP contribution in [0.15, 0.2) is 47.1 Å². The first-order valence-corrected chi connectivity index (χ1v) is 6.72. The van der Waals surface area contributed by atoms with Gasteiger partial charge in [-0.05, 0) is 34.1 Å². The number of benzene rings is 1. The molecule has 0 saturated carbocycles. The van der Waals surface area contributed by atoms with E-state index in [1.807, 2.05) is 36.4 Å². The van der Waals surface area contributed by atoms with Crippen LogP contribution in [0.5, 0.6) is 5.75 Å². The first-order valence-electron chi connectivity index (χ1n) is 5.93. The van der Waals surface area contributed by atoms with Gasteiger partial charge < -0.3 is 4.74 Å². The number of ether oxygens (including phenoxy) is 1. The van der Waals surface area contributed by atoms with Crippen molar-refractivity contribution in [2.24, 2.45) is 0 Å². The molecule has 0 radical (unpaired) electrons. The quantitative estimate of drug-likeness (QED) is 0.849. The molecule has 0 saturated heterocycles. The SMILES string of the molecule is COc1ccccc1CC(=O)Cc1ccc(Br)cn1. The normalized spacial score (nSPS) is 10.2. The molecule has 0 spiro atoms. The summed E-state index contributed by atoms with van der Waals surface area (Å²) in [6, 6.07) is 11.3. The highest BCUT2D eigenvalue weighted by Gasteiger charge is 2.09. The third-order valence-corrected chi connectivity index (χ3v) is 3.22. The van der Waals surface area contributed by atoms with E-state index in [0.717, 1.165) is 21.5 Å². The van der Waals surface area contributed by atoms with Gasteiger partial charge in [0.2, 0.25) is 0 Å². The van der Waals surface area contributed by atoms with Crippen LogP contribution in [-0.4, -0.2) is 17.9 Å². The Hall–Kier alpha value is -1.68. The van der Waals surface area contributed by atoms with Crippen LogP contribution in [0.1, 0.15) is 11.3 Å². The predicted molar refractivity (Wildman–Crippen MR) is 77.3 cm³/mol. The molecule has 0 bridgehead atoms. The Bertz CT molecular complexity index is 567. The van der Waals surface area contributed by atoms with Gasteiger partial charge >= 0.3 is 0 Å². The number of rotatable bonds is 5. The summed E-state index contributed by atoms with van der Waals surface area (Å²) >= 11 is 3.32. The molecular weight excluding hydrogens is 306 g/mol. The van der Waals surface area contributed by atoms with Crippen molar-refractivity contribution >= 4 is 21.7 Å². The highest BCUT2D eigenvalue weighted by atomic mass is 79.9. The zero-order valence-electron chi connectivity index (χ0n) is 10.6. The van der Waals surface area contributed by atoms with E-state index < -0.39 is 0 Å². The van der Waals surface area contributed by atoms with Crippen LogP contribution in [-0.2, 0) is 17.6 Å². The average Bonchev–Trinajstić information content (AvgIpc) is 2.42. The average molecular weight is 320 g/mol. The van der Waals surface area contributed by atoms with Gasteiger partial charge in [0.25, 0.3) is 0 Å². The fraction of sp³-hybridized carbons (Fsp3) is 0.200. The number of carbonyl (C=O) groups is 1. The standard InChI is InChI=1S/C15H14BrNO2/c1-19-15-5-3-2-4-11(15)8-14(18)9-13-7-6-12(16)10-17-13/h2-7,10H,8-9H2,1H3. The van der Waals surface area contributed by atoms with Gasteiger partial charge in [0.05, 0.1) is 7.11 Å². The number of Topliss-reactive ketones (excluding diaryl/α,β-unsaturated/α-hetero) is 1. The van der Waals surface area contributed by atoms with E-state index in [1.54, 1.807) is 13.3 Å². The molecule has 98 valence electrons. The van der Waals surface area contributed by atoms with Crippen LogP contribution >= 0.6 is 15.9 Å². The van der Waals surface area contributed by atoms with Gasteiger partial charge in [-0.3, -0.25) is 9.78 Å². The Labute approximate surface area is 120 Å². The lowest BCUT2D eigenvalue weighted by molar-refractivity contribution is -0.117. The number of pyridine rings is 1. The molecule has 2 rings (SSSR count). The Morgan fingerprint density at radius 3 is 2.68 bits per heavy atom. The minimum absolute atomic E-state index is 0.124. The van der Waals surface area contributed by atoms with Crippen molar-refractivity contribution in [3.8, 4) is 5.75 Å². The Morgan fingerprint density at radius 2 is 2.00 bits per heavy atom. The van der Waals surface area contributed by atoms with Crippen molar-refractivity contribution in [1.29, 1.82) is 0 Å². The van der Waals surface area contributed by atoms with E-state index in [1.165, 1.54) is 0 Å². The van der Waals surface area contributed by atoms with E-state index in [2.05, 4.69) is 20.9 Å². The number of carbonyl (C=O) groups excluding carboxylic acids is 1. The second-order valence-corrected chi connectivity index (χ2v) is 5.09. The van der Waals surface area contributed by atoms with Gasteiger partial charge in [-0.15, -0.1) is 0 Å². The molecule has 1 aromatic carbocycles. The molecule has 0 aliphatic carbocycles. The van der Waals surface area contributed by atoms with Crippen molar-refractivity contribution < 1.29 is 9.53 Å². The van der Waals surface area contributed by atoms with Crippen LogP contribution < -0.4 is 4.74 Å². The second kappa shape index (κ2) is 6.48. The topological polar surface area (TPSA) is 39.2 Å². The highest BCUT2D eigenvalue weighted by Crippen LogP contribution is 2.18. The minimum Gasteiger partial charge on any atom is -0.496 e. The van der Waals surface area contributed by atoms with E-state index in [4.69, 9.17) is 4.74 Å². The number of halogens is 1. The fourth-order valence-corrected chi connectivity index (χ4v) is 2.07. The van der Waals surface area contributed by atoms with Crippen LogP contribution in [0.2, 0.25) is 0 Å². The lowest BCUT2D eigenvalue weighted by Gasteiger charge is -2.07. The molecule has 4 heteroatoms. The maximum absolute atomic E-state index is 12.0. The first kappa shape index (κ1) is 13.7. The molecule has 1 heterocycles. The largest absolute Gasteiger partial charge is 0.496 e. The molecular formula is C15H14BrNO2. The number of para-hydroxylation sites is 1. The lowest BCUT2D eigenvalue weighted by atomic mass is 10.0. The maximum Gasteiger partial charge on any atom is 0.143 e. The molecule has 0 unspecified atom stereocenters. The molecule has 0 atom stereocenters. The molecule has 1 aromatic heterocycles. The maximum atomic E-state index is 12.0. The van der Waals surface area contributed by atoms with E-state index in [0.29, 0.717) is 12.8 Å². The Kier molecular flexibility index (Phi) is 4.68. The van der Waals surface area contributed by atoms with Gasteiger partial charge in [-0.2, -0.15) is 0 Å². The first-order chi connectivity index (χ1) is 9.19. The number of nitrogens with zero attached hydrogens (tertiary/aromatic N) is 1. The third-order valence-electron chi connectivity index (χ3n) is 2.75. The van der Waals surface area contributed by atoms with Crippen LogP contribution in [0.25, 0.3) is 0 Å². The van der Waals surface area contributed by atoms with Crippen molar-refractivity contribution in [3.05, 3.63) is 58.3 Å².